The lowest BCUT2D eigenvalue weighted by Crippen LogP contribution is -2.16. The molecule has 0 radical (unpaired) electrons. The highest BCUT2D eigenvalue weighted by Crippen LogP contribution is 2.38. The van der Waals surface area contributed by atoms with Gasteiger partial charge in [-0.05, 0) is 48.4 Å². The van der Waals surface area contributed by atoms with E-state index in [0.29, 0.717) is 0 Å². The first-order chi connectivity index (χ1) is 12.5. The molecule has 0 bridgehead atoms. The van der Waals surface area contributed by atoms with E-state index in [0.717, 1.165) is 6.16 Å². The lowest BCUT2D eigenvalue weighted by atomic mass is 10.2. The van der Waals surface area contributed by atoms with Gasteiger partial charge in [0.05, 0.1) is 0 Å². The second kappa shape index (κ2) is 8.38. The predicted octanol–water partition coefficient (Wildman–Crippen LogP) is 4.45. The van der Waals surface area contributed by atoms with Crippen LogP contribution < -0.4 is 20.4 Å². The summed E-state index contributed by atoms with van der Waals surface area (Å²) in [4.78, 5) is 4.30. The maximum Gasteiger partial charge on any atom is 0.0361 e. The van der Waals surface area contributed by atoms with Gasteiger partial charge in [-0.15, -0.1) is 0 Å². The molecule has 0 N–H and O–H groups in total. The molecule has 0 aromatic heterocycles. The van der Waals surface area contributed by atoms with E-state index in [1.165, 1.54) is 27.5 Å². The molecule has 3 aromatic rings. The zero-order valence-corrected chi connectivity index (χ0v) is 16.9. The van der Waals surface area contributed by atoms with Gasteiger partial charge < -0.3 is 9.80 Å². The summed E-state index contributed by atoms with van der Waals surface area (Å²) in [5.74, 6) is 0. The Morgan fingerprint density at radius 2 is 1.00 bits per heavy atom. The first kappa shape index (κ1) is 18.5. The minimum atomic E-state index is -0.428. The molecular weight excluding hydrogens is 335 g/mol. The molecule has 0 amide bonds. The van der Waals surface area contributed by atoms with Crippen molar-refractivity contribution >= 4 is 29.9 Å². The molecule has 0 aliphatic rings. The molecule has 0 saturated heterocycles. The SMILES string of the molecule is CN(C)c1ccc(P(Cc2ccccc2)c2ccc(N(C)C)cc2)cc1. The van der Waals surface area contributed by atoms with Gasteiger partial charge in [-0.25, -0.2) is 0 Å². The molecule has 0 aliphatic heterocycles. The van der Waals surface area contributed by atoms with Crippen LogP contribution in [-0.2, 0) is 6.16 Å². The summed E-state index contributed by atoms with van der Waals surface area (Å²) in [6.45, 7) is 0. The maximum absolute atomic E-state index is 2.30. The zero-order chi connectivity index (χ0) is 18.5. The molecule has 0 unspecified atom stereocenters. The van der Waals surface area contributed by atoms with Crippen LogP contribution in [0.3, 0.4) is 0 Å². The third kappa shape index (κ3) is 4.45. The number of hydrogen-bond acceptors (Lipinski definition) is 2. The van der Waals surface area contributed by atoms with Gasteiger partial charge in [0.2, 0.25) is 0 Å². The summed E-state index contributed by atoms with van der Waals surface area (Å²) in [6, 6.07) is 28.9. The second-order valence-corrected chi connectivity index (χ2v) is 9.10. The molecule has 0 fully saturated rings. The third-order valence-electron chi connectivity index (χ3n) is 4.54. The van der Waals surface area contributed by atoms with Crippen LogP contribution in [0.4, 0.5) is 11.4 Å². The van der Waals surface area contributed by atoms with Crippen molar-refractivity contribution in [3.63, 3.8) is 0 Å². The van der Waals surface area contributed by atoms with Crippen molar-refractivity contribution in [1.29, 1.82) is 0 Å². The number of benzene rings is 3. The van der Waals surface area contributed by atoms with Gasteiger partial charge in [0.15, 0.2) is 0 Å². The average Bonchev–Trinajstić information content (AvgIpc) is 2.67. The Kier molecular flexibility index (Phi) is 5.96. The first-order valence-electron chi connectivity index (χ1n) is 8.91. The molecular formula is C23H27N2P. The van der Waals surface area contributed by atoms with E-state index in [1.807, 2.05) is 0 Å². The monoisotopic (exact) mass is 362 g/mol. The van der Waals surface area contributed by atoms with Crippen molar-refractivity contribution < 1.29 is 0 Å². The van der Waals surface area contributed by atoms with Crippen molar-refractivity contribution in [3.8, 4) is 0 Å². The van der Waals surface area contributed by atoms with Crippen LogP contribution in [0.2, 0.25) is 0 Å². The summed E-state index contributed by atoms with van der Waals surface area (Å²) < 4.78 is 0. The van der Waals surface area contributed by atoms with Crippen LogP contribution in [0.15, 0.2) is 78.9 Å². The van der Waals surface area contributed by atoms with E-state index < -0.39 is 7.92 Å². The summed E-state index contributed by atoms with van der Waals surface area (Å²) in [5.41, 5.74) is 3.88. The fourth-order valence-electron chi connectivity index (χ4n) is 2.96. The fourth-order valence-corrected chi connectivity index (χ4v) is 5.22. The van der Waals surface area contributed by atoms with Crippen molar-refractivity contribution in [2.24, 2.45) is 0 Å². The molecule has 0 aliphatic carbocycles. The Bertz CT molecular complexity index is 758. The summed E-state index contributed by atoms with van der Waals surface area (Å²) >= 11 is 0. The largest absolute Gasteiger partial charge is 0.378 e. The number of hydrogen-bond donors (Lipinski definition) is 0. The molecule has 0 heterocycles. The van der Waals surface area contributed by atoms with E-state index in [2.05, 4.69) is 117 Å². The summed E-state index contributed by atoms with van der Waals surface area (Å²) in [5, 5.41) is 2.85. The van der Waals surface area contributed by atoms with Gasteiger partial charge in [-0.2, -0.15) is 0 Å². The molecule has 0 atom stereocenters. The van der Waals surface area contributed by atoms with Gasteiger partial charge in [-0.1, -0.05) is 54.6 Å². The van der Waals surface area contributed by atoms with Crippen molar-refractivity contribution in [2.75, 3.05) is 38.0 Å². The predicted molar refractivity (Wildman–Crippen MR) is 118 cm³/mol. The van der Waals surface area contributed by atoms with Gasteiger partial charge in [0.25, 0.3) is 0 Å². The van der Waals surface area contributed by atoms with E-state index >= 15 is 0 Å². The summed E-state index contributed by atoms with van der Waals surface area (Å²) in [7, 11) is 7.91. The Labute approximate surface area is 158 Å². The molecule has 3 aromatic carbocycles. The average molecular weight is 362 g/mol. The summed E-state index contributed by atoms with van der Waals surface area (Å²) in [6.07, 6.45) is 1.07. The van der Waals surface area contributed by atoms with E-state index in [1.54, 1.807) is 0 Å². The molecule has 3 rings (SSSR count). The smallest absolute Gasteiger partial charge is 0.0361 e. The number of rotatable bonds is 6. The van der Waals surface area contributed by atoms with Crippen molar-refractivity contribution in [3.05, 3.63) is 84.4 Å². The standard InChI is InChI=1S/C23H27N2P/c1-24(2)20-10-14-22(15-11-20)26(18-19-8-6-5-7-9-19)23-16-12-21(13-17-23)25(3)4/h5-17H,18H2,1-4H3. The zero-order valence-electron chi connectivity index (χ0n) is 16.1. The van der Waals surface area contributed by atoms with Crippen LogP contribution in [0.5, 0.6) is 0 Å². The van der Waals surface area contributed by atoms with Gasteiger partial charge in [0.1, 0.15) is 0 Å². The lowest BCUT2D eigenvalue weighted by Gasteiger charge is -2.21. The highest BCUT2D eigenvalue weighted by molar-refractivity contribution is 7.72. The Hall–Kier alpha value is -2.31. The quantitative estimate of drug-likeness (QED) is 0.598. The van der Waals surface area contributed by atoms with Crippen LogP contribution in [0, 0.1) is 0 Å². The van der Waals surface area contributed by atoms with E-state index in [4.69, 9.17) is 0 Å². The van der Waals surface area contributed by atoms with Gasteiger partial charge in [0, 0.05) is 45.7 Å². The van der Waals surface area contributed by atoms with Gasteiger partial charge >= 0.3 is 0 Å². The third-order valence-corrected chi connectivity index (χ3v) is 7.06. The van der Waals surface area contributed by atoms with Crippen molar-refractivity contribution in [1.82, 2.24) is 0 Å². The van der Waals surface area contributed by atoms with E-state index in [9.17, 15) is 0 Å². The van der Waals surface area contributed by atoms with Crippen LogP contribution in [0.25, 0.3) is 0 Å². The first-order valence-corrected chi connectivity index (χ1v) is 10.4. The molecule has 0 spiro atoms. The van der Waals surface area contributed by atoms with Crippen LogP contribution in [0.1, 0.15) is 5.56 Å². The second-order valence-electron chi connectivity index (χ2n) is 6.89. The lowest BCUT2D eigenvalue weighted by molar-refractivity contribution is 1.13. The van der Waals surface area contributed by atoms with Crippen molar-refractivity contribution in [2.45, 2.75) is 6.16 Å². The fraction of sp³-hybridized carbons (Fsp3) is 0.217. The highest BCUT2D eigenvalue weighted by atomic mass is 31.1. The molecule has 134 valence electrons. The molecule has 3 heteroatoms. The minimum absolute atomic E-state index is 0.428. The number of nitrogens with zero attached hydrogens (tertiary/aromatic N) is 2. The molecule has 0 saturated carbocycles. The normalized spacial score (nSPS) is 10.8. The Morgan fingerprint density at radius 1 is 0.577 bits per heavy atom. The highest BCUT2D eigenvalue weighted by Gasteiger charge is 2.15. The van der Waals surface area contributed by atoms with Crippen LogP contribution >= 0.6 is 7.92 Å². The minimum Gasteiger partial charge on any atom is -0.378 e. The van der Waals surface area contributed by atoms with Crippen LogP contribution in [-0.4, -0.2) is 28.2 Å². The Morgan fingerprint density at radius 3 is 1.38 bits per heavy atom. The Balaban J connectivity index is 1.95. The molecule has 2 nitrogen and oxygen atoms in total. The van der Waals surface area contributed by atoms with E-state index in [-0.39, 0.29) is 0 Å². The maximum atomic E-state index is 2.30. The topological polar surface area (TPSA) is 6.48 Å². The molecule has 26 heavy (non-hydrogen) atoms. The number of anilines is 2. The van der Waals surface area contributed by atoms with Gasteiger partial charge in [-0.3, -0.25) is 0 Å².